The maximum Gasteiger partial charge on any atom is 0.375 e. The second kappa shape index (κ2) is 7.49. The van der Waals surface area contributed by atoms with Crippen LogP contribution in [0, 0.1) is 18.3 Å². The molecule has 142 valence electrons. The maximum absolute atomic E-state index is 12.3. The lowest BCUT2D eigenvalue weighted by atomic mass is 9.96. The van der Waals surface area contributed by atoms with Gasteiger partial charge in [0.15, 0.2) is 6.61 Å². The van der Waals surface area contributed by atoms with Crippen LogP contribution < -0.4 is 5.32 Å². The van der Waals surface area contributed by atoms with E-state index in [9.17, 15) is 14.9 Å². The van der Waals surface area contributed by atoms with Crippen LogP contribution in [0.1, 0.15) is 45.0 Å². The topological polar surface area (TPSA) is 92.3 Å². The molecule has 28 heavy (non-hydrogen) atoms. The predicted molar refractivity (Wildman–Crippen MR) is 106 cm³/mol. The fourth-order valence-electron chi connectivity index (χ4n) is 3.50. The number of fused-ring (bicyclic) bond motifs is 2. The molecule has 4 rings (SSSR count). The highest BCUT2D eigenvalue weighted by atomic mass is 32.1. The third kappa shape index (κ3) is 3.27. The summed E-state index contributed by atoms with van der Waals surface area (Å²) in [6, 6.07) is 9.51. The number of esters is 1. The number of nitriles is 1. The number of hydrogen-bond donors (Lipinski definition) is 1. The van der Waals surface area contributed by atoms with Gasteiger partial charge in [-0.1, -0.05) is 18.2 Å². The number of nitrogens with zero attached hydrogens (tertiary/aromatic N) is 1. The normalized spacial score (nSPS) is 13.0. The van der Waals surface area contributed by atoms with Gasteiger partial charge < -0.3 is 14.5 Å². The summed E-state index contributed by atoms with van der Waals surface area (Å²) in [5.41, 5.74) is 2.86. The SMILES string of the molecule is Cc1c(C(=O)OCC(=O)Nc2sc3c(c2C#N)CCCC3)oc2ccccc12. The summed E-state index contributed by atoms with van der Waals surface area (Å²) in [4.78, 5) is 25.8. The number of anilines is 1. The molecule has 0 atom stereocenters. The number of ether oxygens (including phenoxy) is 1. The number of amides is 1. The quantitative estimate of drug-likeness (QED) is 0.664. The van der Waals surface area contributed by atoms with Gasteiger partial charge in [-0.05, 0) is 44.2 Å². The fraction of sp³-hybridized carbons (Fsp3) is 0.286. The molecular formula is C21H18N2O4S. The zero-order valence-electron chi connectivity index (χ0n) is 15.3. The lowest BCUT2D eigenvalue weighted by molar-refractivity contribution is -0.119. The first kappa shape index (κ1) is 18.3. The monoisotopic (exact) mass is 394 g/mol. The molecule has 1 N–H and O–H groups in total. The van der Waals surface area contributed by atoms with E-state index < -0.39 is 18.5 Å². The zero-order valence-corrected chi connectivity index (χ0v) is 16.1. The standard InChI is InChI=1S/C21H18N2O4S/c1-12-13-6-2-4-8-16(13)27-19(12)21(25)26-11-18(24)23-20-15(10-22)14-7-3-5-9-17(14)28-20/h2,4,6,8H,3,5,7,9,11H2,1H3,(H,23,24). The van der Waals surface area contributed by atoms with Crippen molar-refractivity contribution in [2.75, 3.05) is 11.9 Å². The highest BCUT2D eigenvalue weighted by Gasteiger charge is 2.23. The van der Waals surface area contributed by atoms with E-state index in [0.717, 1.165) is 41.5 Å². The highest BCUT2D eigenvalue weighted by Crippen LogP contribution is 2.37. The van der Waals surface area contributed by atoms with Gasteiger partial charge in [0.1, 0.15) is 16.7 Å². The number of nitrogens with one attached hydrogen (secondary N) is 1. The van der Waals surface area contributed by atoms with E-state index in [1.807, 2.05) is 18.2 Å². The Morgan fingerprint density at radius 3 is 2.86 bits per heavy atom. The third-order valence-corrected chi connectivity index (χ3v) is 6.11. The second-order valence-corrected chi connectivity index (χ2v) is 7.81. The molecule has 0 bridgehead atoms. The van der Waals surface area contributed by atoms with E-state index in [-0.39, 0.29) is 5.76 Å². The second-order valence-electron chi connectivity index (χ2n) is 6.70. The Kier molecular flexibility index (Phi) is 4.88. The molecule has 0 aliphatic heterocycles. The van der Waals surface area contributed by atoms with E-state index in [4.69, 9.17) is 9.15 Å². The van der Waals surface area contributed by atoms with Crippen molar-refractivity contribution in [1.29, 1.82) is 5.26 Å². The van der Waals surface area contributed by atoms with Crippen LogP contribution in [0.4, 0.5) is 5.00 Å². The van der Waals surface area contributed by atoms with Crippen molar-refractivity contribution in [1.82, 2.24) is 0 Å². The molecule has 0 saturated carbocycles. The van der Waals surface area contributed by atoms with Gasteiger partial charge >= 0.3 is 5.97 Å². The van der Waals surface area contributed by atoms with Gasteiger partial charge in [-0.15, -0.1) is 11.3 Å². The minimum Gasteiger partial charge on any atom is -0.450 e. The summed E-state index contributed by atoms with van der Waals surface area (Å²) in [5.74, 6) is -1.06. The molecule has 2 heterocycles. The molecule has 1 aromatic carbocycles. The average Bonchev–Trinajstić information content (AvgIpc) is 3.23. The van der Waals surface area contributed by atoms with Crippen LogP contribution in [-0.4, -0.2) is 18.5 Å². The minimum absolute atomic E-state index is 0.0956. The van der Waals surface area contributed by atoms with Crippen molar-refractivity contribution >= 4 is 39.2 Å². The van der Waals surface area contributed by atoms with E-state index in [0.29, 0.717) is 21.7 Å². The Balaban J connectivity index is 1.43. The molecule has 0 fully saturated rings. The Labute approximate surface area is 165 Å². The lowest BCUT2D eigenvalue weighted by Crippen LogP contribution is -2.21. The zero-order chi connectivity index (χ0) is 19.7. The molecule has 2 aromatic heterocycles. The number of carbonyl (C=O) groups is 2. The number of para-hydroxylation sites is 1. The smallest absolute Gasteiger partial charge is 0.375 e. The molecule has 1 aliphatic rings. The maximum atomic E-state index is 12.3. The average molecular weight is 394 g/mol. The summed E-state index contributed by atoms with van der Waals surface area (Å²) >= 11 is 1.44. The summed E-state index contributed by atoms with van der Waals surface area (Å²) < 4.78 is 10.7. The van der Waals surface area contributed by atoms with Crippen LogP contribution in [0.15, 0.2) is 28.7 Å². The Bertz CT molecular complexity index is 1120. The Morgan fingerprint density at radius 1 is 1.29 bits per heavy atom. The summed E-state index contributed by atoms with van der Waals surface area (Å²) in [6.45, 7) is 1.33. The fourth-order valence-corrected chi connectivity index (χ4v) is 4.76. The number of aryl methyl sites for hydroxylation is 2. The highest BCUT2D eigenvalue weighted by molar-refractivity contribution is 7.16. The number of carbonyl (C=O) groups excluding carboxylic acids is 2. The first-order chi connectivity index (χ1) is 13.6. The molecule has 1 amide bonds. The first-order valence-electron chi connectivity index (χ1n) is 9.08. The Morgan fingerprint density at radius 2 is 2.07 bits per heavy atom. The number of furan rings is 1. The Hall–Kier alpha value is -3.11. The molecule has 0 saturated heterocycles. The number of rotatable bonds is 4. The van der Waals surface area contributed by atoms with Gasteiger partial charge in [-0.3, -0.25) is 4.79 Å². The van der Waals surface area contributed by atoms with Crippen molar-refractivity contribution in [2.24, 2.45) is 0 Å². The summed E-state index contributed by atoms with van der Waals surface area (Å²) in [6.07, 6.45) is 3.95. The molecule has 3 aromatic rings. The predicted octanol–water partition coefficient (Wildman–Crippen LogP) is 4.35. The van der Waals surface area contributed by atoms with Crippen molar-refractivity contribution in [2.45, 2.75) is 32.6 Å². The molecule has 1 aliphatic carbocycles. The van der Waals surface area contributed by atoms with Crippen molar-refractivity contribution in [3.05, 3.63) is 51.6 Å². The number of thiophene rings is 1. The van der Waals surface area contributed by atoms with E-state index in [1.165, 1.54) is 11.3 Å². The van der Waals surface area contributed by atoms with E-state index >= 15 is 0 Å². The molecule has 0 unspecified atom stereocenters. The van der Waals surface area contributed by atoms with Gasteiger partial charge in [0, 0.05) is 15.8 Å². The molecular weight excluding hydrogens is 376 g/mol. The molecule has 7 heteroatoms. The van der Waals surface area contributed by atoms with Gasteiger partial charge in [0.2, 0.25) is 5.76 Å². The van der Waals surface area contributed by atoms with Crippen molar-refractivity contribution in [3.8, 4) is 6.07 Å². The van der Waals surface area contributed by atoms with E-state index in [2.05, 4.69) is 11.4 Å². The van der Waals surface area contributed by atoms with Crippen LogP contribution in [0.5, 0.6) is 0 Å². The lowest BCUT2D eigenvalue weighted by Gasteiger charge is -2.09. The van der Waals surface area contributed by atoms with Crippen LogP contribution >= 0.6 is 11.3 Å². The van der Waals surface area contributed by atoms with Gasteiger partial charge in [-0.2, -0.15) is 5.26 Å². The van der Waals surface area contributed by atoms with Crippen LogP contribution in [-0.2, 0) is 22.4 Å². The van der Waals surface area contributed by atoms with Crippen LogP contribution in [0.3, 0.4) is 0 Å². The minimum atomic E-state index is -0.685. The van der Waals surface area contributed by atoms with Gasteiger partial charge in [0.25, 0.3) is 5.91 Å². The van der Waals surface area contributed by atoms with Gasteiger partial charge in [0.05, 0.1) is 5.56 Å². The first-order valence-corrected chi connectivity index (χ1v) is 9.90. The van der Waals surface area contributed by atoms with Crippen LogP contribution in [0.25, 0.3) is 11.0 Å². The van der Waals surface area contributed by atoms with Gasteiger partial charge in [-0.25, -0.2) is 4.79 Å². The largest absolute Gasteiger partial charge is 0.450 e. The molecule has 0 radical (unpaired) electrons. The van der Waals surface area contributed by atoms with Crippen LogP contribution in [0.2, 0.25) is 0 Å². The van der Waals surface area contributed by atoms with Crippen molar-refractivity contribution in [3.63, 3.8) is 0 Å². The molecule has 6 nitrogen and oxygen atoms in total. The van der Waals surface area contributed by atoms with Crippen molar-refractivity contribution < 1.29 is 18.7 Å². The summed E-state index contributed by atoms with van der Waals surface area (Å²) in [5, 5.41) is 13.5. The number of hydrogen-bond acceptors (Lipinski definition) is 6. The third-order valence-electron chi connectivity index (χ3n) is 4.90. The van der Waals surface area contributed by atoms with E-state index in [1.54, 1.807) is 13.0 Å². The number of benzene rings is 1. The summed E-state index contributed by atoms with van der Waals surface area (Å²) in [7, 11) is 0. The molecule has 0 spiro atoms.